The van der Waals surface area contributed by atoms with Gasteiger partial charge in [-0.05, 0) is 13.0 Å². The summed E-state index contributed by atoms with van der Waals surface area (Å²) in [6.07, 6.45) is 3.59. The maximum Gasteiger partial charge on any atom is 0.131 e. The van der Waals surface area contributed by atoms with Gasteiger partial charge in [0.2, 0.25) is 0 Å². The third kappa shape index (κ3) is 2.68. The van der Waals surface area contributed by atoms with Crippen molar-refractivity contribution in [2.75, 3.05) is 0 Å². The molecule has 4 nitrogen and oxygen atoms in total. The van der Waals surface area contributed by atoms with Crippen molar-refractivity contribution in [3.8, 4) is 5.75 Å². The molecule has 2 rings (SSSR count). The summed E-state index contributed by atoms with van der Waals surface area (Å²) < 4.78 is 15.5. The monoisotopic (exact) mass is 249 g/mol. The molecule has 5 heteroatoms. The maximum absolute atomic E-state index is 13.6. The minimum Gasteiger partial charge on any atom is -0.508 e. The lowest BCUT2D eigenvalue weighted by Crippen LogP contribution is -2.21. The summed E-state index contributed by atoms with van der Waals surface area (Å²) in [4.78, 5) is 4.18. The van der Waals surface area contributed by atoms with Crippen LogP contribution in [0.5, 0.6) is 5.75 Å². The second-order valence-electron chi connectivity index (χ2n) is 4.26. The fraction of sp³-hybridized carbons (Fsp3) is 0.308. The zero-order chi connectivity index (χ0) is 13.1. The van der Waals surface area contributed by atoms with Gasteiger partial charge in [-0.25, -0.2) is 9.37 Å². The number of aromatic nitrogens is 2. The molecule has 2 aromatic rings. The van der Waals surface area contributed by atoms with Gasteiger partial charge in [-0.2, -0.15) is 0 Å². The first kappa shape index (κ1) is 12.6. The molecule has 2 N–H and O–H groups in total. The third-order valence-corrected chi connectivity index (χ3v) is 2.94. The topological polar surface area (TPSA) is 50.1 Å². The van der Waals surface area contributed by atoms with E-state index in [4.69, 9.17) is 5.11 Å². The lowest BCUT2D eigenvalue weighted by atomic mass is 10.1. The third-order valence-electron chi connectivity index (χ3n) is 2.94. The smallest absolute Gasteiger partial charge is 0.131 e. The molecule has 1 aromatic heterocycles. The van der Waals surface area contributed by atoms with Crippen LogP contribution < -0.4 is 5.32 Å². The van der Waals surface area contributed by atoms with Gasteiger partial charge < -0.3 is 15.0 Å². The predicted octanol–water partition coefficient (Wildman–Crippen LogP) is 2.12. The van der Waals surface area contributed by atoms with Crippen LogP contribution >= 0.6 is 0 Å². The number of rotatable bonds is 4. The summed E-state index contributed by atoms with van der Waals surface area (Å²) in [5, 5.41) is 12.4. The van der Waals surface area contributed by atoms with Crippen LogP contribution in [0.15, 0.2) is 30.6 Å². The molecular weight excluding hydrogens is 233 g/mol. The Balaban J connectivity index is 2.03. The Morgan fingerprint density at radius 1 is 1.50 bits per heavy atom. The fourth-order valence-corrected chi connectivity index (χ4v) is 1.79. The summed E-state index contributed by atoms with van der Waals surface area (Å²) in [6, 6.07) is 4.04. The predicted molar refractivity (Wildman–Crippen MR) is 66.5 cm³/mol. The summed E-state index contributed by atoms with van der Waals surface area (Å²) in [5.41, 5.74) is 0.530. The van der Waals surface area contributed by atoms with Gasteiger partial charge in [-0.15, -0.1) is 0 Å². The van der Waals surface area contributed by atoms with E-state index < -0.39 is 5.82 Å². The second kappa shape index (κ2) is 5.18. The van der Waals surface area contributed by atoms with Crippen molar-refractivity contribution in [1.29, 1.82) is 0 Å². The van der Waals surface area contributed by atoms with Crippen molar-refractivity contribution < 1.29 is 9.50 Å². The van der Waals surface area contributed by atoms with Gasteiger partial charge in [-0.3, -0.25) is 0 Å². The first-order valence-corrected chi connectivity index (χ1v) is 5.76. The first-order chi connectivity index (χ1) is 8.58. The molecule has 1 heterocycles. The van der Waals surface area contributed by atoms with Crippen molar-refractivity contribution >= 4 is 0 Å². The van der Waals surface area contributed by atoms with Crippen LogP contribution in [-0.4, -0.2) is 14.7 Å². The van der Waals surface area contributed by atoms with E-state index in [-0.39, 0.29) is 11.8 Å². The van der Waals surface area contributed by atoms with E-state index in [1.165, 1.54) is 6.07 Å². The van der Waals surface area contributed by atoms with E-state index >= 15 is 0 Å². The molecule has 0 radical (unpaired) electrons. The molecule has 0 saturated carbocycles. The molecule has 0 spiro atoms. The van der Waals surface area contributed by atoms with Gasteiger partial charge in [0.1, 0.15) is 17.4 Å². The molecule has 0 aliphatic carbocycles. The average Bonchev–Trinajstić information content (AvgIpc) is 2.72. The largest absolute Gasteiger partial charge is 0.508 e. The standard InChI is InChI=1S/C13H16FN3O/c1-9(11-4-3-10(18)7-12(11)14)16-8-13-15-5-6-17(13)2/h3-7,9,16,18H,8H2,1-2H3. The Hall–Kier alpha value is -1.88. The molecular formula is C13H16FN3O. The number of benzene rings is 1. The Morgan fingerprint density at radius 2 is 2.28 bits per heavy atom. The fourth-order valence-electron chi connectivity index (χ4n) is 1.79. The number of imidazole rings is 1. The van der Waals surface area contributed by atoms with Gasteiger partial charge in [0, 0.05) is 37.1 Å². The van der Waals surface area contributed by atoms with Crippen molar-refractivity contribution in [3.63, 3.8) is 0 Å². The van der Waals surface area contributed by atoms with E-state index in [0.717, 1.165) is 11.9 Å². The van der Waals surface area contributed by atoms with Gasteiger partial charge >= 0.3 is 0 Å². The highest BCUT2D eigenvalue weighted by molar-refractivity contribution is 5.29. The van der Waals surface area contributed by atoms with Crippen LogP contribution in [0.1, 0.15) is 24.4 Å². The molecule has 0 saturated heterocycles. The van der Waals surface area contributed by atoms with E-state index in [0.29, 0.717) is 12.1 Å². The zero-order valence-electron chi connectivity index (χ0n) is 10.4. The molecule has 0 fully saturated rings. The number of aryl methyl sites for hydroxylation is 1. The van der Waals surface area contributed by atoms with Crippen molar-refractivity contribution in [1.82, 2.24) is 14.9 Å². The van der Waals surface area contributed by atoms with Gasteiger partial charge in [0.05, 0.1) is 6.54 Å². The molecule has 0 bridgehead atoms. The molecule has 0 aliphatic rings. The zero-order valence-corrected chi connectivity index (χ0v) is 10.4. The Labute approximate surface area is 105 Å². The second-order valence-corrected chi connectivity index (χ2v) is 4.26. The van der Waals surface area contributed by atoms with E-state index in [9.17, 15) is 4.39 Å². The normalized spacial score (nSPS) is 12.6. The summed E-state index contributed by atoms with van der Waals surface area (Å²) in [7, 11) is 1.91. The van der Waals surface area contributed by atoms with Crippen molar-refractivity contribution in [2.24, 2.45) is 7.05 Å². The van der Waals surface area contributed by atoms with Crippen molar-refractivity contribution in [2.45, 2.75) is 19.5 Å². The van der Waals surface area contributed by atoms with Gasteiger partial charge in [-0.1, -0.05) is 6.07 Å². The van der Waals surface area contributed by atoms with Crippen LogP contribution in [0.3, 0.4) is 0 Å². The average molecular weight is 249 g/mol. The number of hydrogen-bond acceptors (Lipinski definition) is 3. The van der Waals surface area contributed by atoms with E-state index in [1.807, 2.05) is 24.7 Å². The van der Waals surface area contributed by atoms with Crippen LogP contribution in [0.25, 0.3) is 0 Å². The molecule has 0 amide bonds. The molecule has 96 valence electrons. The van der Waals surface area contributed by atoms with Crippen LogP contribution in [0.4, 0.5) is 4.39 Å². The number of nitrogens with one attached hydrogen (secondary N) is 1. The number of phenols is 1. The maximum atomic E-state index is 13.6. The van der Waals surface area contributed by atoms with Crippen LogP contribution in [0.2, 0.25) is 0 Å². The number of phenolic OH excluding ortho intramolecular Hbond substituents is 1. The number of halogens is 1. The SMILES string of the molecule is CC(NCc1nccn1C)c1ccc(O)cc1F. The van der Waals surface area contributed by atoms with E-state index in [1.54, 1.807) is 12.3 Å². The summed E-state index contributed by atoms with van der Waals surface area (Å²) in [5.74, 6) is 0.420. The quantitative estimate of drug-likeness (QED) is 0.872. The molecule has 1 aromatic carbocycles. The Morgan fingerprint density at radius 3 is 2.89 bits per heavy atom. The molecule has 1 unspecified atom stereocenters. The lowest BCUT2D eigenvalue weighted by Gasteiger charge is -2.15. The van der Waals surface area contributed by atoms with E-state index in [2.05, 4.69) is 10.3 Å². The number of hydrogen-bond donors (Lipinski definition) is 2. The first-order valence-electron chi connectivity index (χ1n) is 5.76. The molecule has 0 aliphatic heterocycles. The number of aromatic hydroxyl groups is 1. The highest BCUT2D eigenvalue weighted by Gasteiger charge is 2.11. The highest BCUT2D eigenvalue weighted by atomic mass is 19.1. The minimum absolute atomic E-state index is 0.0625. The summed E-state index contributed by atoms with van der Waals surface area (Å²) >= 11 is 0. The minimum atomic E-state index is -0.408. The molecule has 18 heavy (non-hydrogen) atoms. The van der Waals surface area contributed by atoms with Gasteiger partial charge in [0.25, 0.3) is 0 Å². The van der Waals surface area contributed by atoms with Crippen LogP contribution in [-0.2, 0) is 13.6 Å². The Kier molecular flexibility index (Phi) is 3.62. The summed E-state index contributed by atoms with van der Waals surface area (Å²) in [6.45, 7) is 2.43. The lowest BCUT2D eigenvalue weighted by molar-refractivity contribution is 0.462. The Bertz CT molecular complexity index is 539. The molecule has 1 atom stereocenters. The highest BCUT2D eigenvalue weighted by Crippen LogP contribution is 2.21. The van der Waals surface area contributed by atoms with Crippen molar-refractivity contribution in [3.05, 3.63) is 47.8 Å². The van der Waals surface area contributed by atoms with Gasteiger partial charge in [0.15, 0.2) is 0 Å². The number of nitrogens with zero attached hydrogens (tertiary/aromatic N) is 2. The van der Waals surface area contributed by atoms with Crippen LogP contribution in [0, 0.1) is 5.82 Å².